The summed E-state index contributed by atoms with van der Waals surface area (Å²) in [5.41, 5.74) is 1.53. The minimum absolute atomic E-state index is 0.0455. The summed E-state index contributed by atoms with van der Waals surface area (Å²) in [4.78, 5) is 14.5. The molecule has 0 saturated heterocycles. The van der Waals surface area contributed by atoms with Crippen molar-refractivity contribution < 1.29 is 4.79 Å². The zero-order valence-corrected chi connectivity index (χ0v) is 7.22. The lowest BCUT2D eigenvalue weighted by molar-refractivity contribution is -0.113. The Morgan fingerprint density at radius 1 is 1.36 bits per heavy atom. The van der Waals surface area contributed by atoms with Crippen LogP contribution in [-0.4, -0.2) is 12.0 Å². The summed E-state index contributed by atoms with van der Waals surface area (Å²) < 4.78 is 0. The molecule has 0 atom stereocenters. The van der Waals surface area contributed by atoms with Crippen molar-refractivity contribution in [3.63, 3.8) is 0 Å². The van der Waals surface area contributed by atoms with Crippen molar-refractivity contribution in [3.05, 3.63) is 23.9 Å². The van der Waals surface area contributed by atoms with Crippen LogP contribution in [0.15, 0.2) is 28.9 Å². The van der Waals surface area contributed by atoms with E-state index < -0.39 is 0 Å². The first-order valence-electron chi connectivity index (χ1n) is 3.40. The van der Waals surface area contributed by atoms with E-state index in [-0.39, 0.29) is 5.78 Å². The number of carbonyl (C=O) groups is 1. The highest BCUT2D eigenvalue weighted by Gasteiger charge is 1.92. The topological polar surface area (TPSA) is 29.4 Å². The summed E-state index contributed by atoms with van der Waals surface area (Å²) >= 11 is 0. The molecule has 0 aromatic heterocycles. The SMILES string of the molecule is C=C(C=NC=C(C)C)C(C)=O. The Bertz CT molecular complexity index is 220. The van der Waals surface area contributed by atoms with Gasteiger partial charge in [0.15, 0.2) is 5.78 Å². The van der Waals surface area contributed by atoms with Gasteiger partial charge in [-0.25, -0.2) is 0 Å². The molecule has 11 heavy (non-hydrogen) atoms. The number of rotatable bonds is 3. The summed E-state index contributed by atoms with van der Waals surface area (Å²) in [5.74, 6) is -0.0455. The third-order valence-corrected chi connectivity index (χ3v) is 1.02. The third kappa shape index (κ3) is 5.27. The zero-order valence-electron chi connectivity index (χ0n) is 7.22. The highest BCUT2D eigenvalue weighted by molar-refractivity contribution is 6.11. The second-order valence-corrected chi connectivity index (χ2v) is 2.57. The van der Waals surface area contributed by atoms with E-state index in [0.29, 0.717) is 5.57 Å². The molecule has 0 heterocycles. The van der Waals surface area contributed by atoms with Crippen molar-refractivity contribution >= 4 is 12.0 Å². The average Bonchev–Trinajstić information content (AvgIpc) is 1.86. The smallest absolute Gasteiger partial charge is 0.160 e. The predicted octanol–water partition coefficient (Wildman–Crippen LogP) is 2.13. The van der Waals surface area contributed by atoms with Crippen molar-refractivity contribution in [3.8, 4) is 0 Å². The molecule has 0 saturated carbocycles. The van der Waals surface area contributed by atoms with Gasteiger partial charge in [-0.05, 0) is 20.8 Å². The van der Waals surface area contributed by atoms with Crippen LogP contribution in [0.1, 0.15) is 20.8 Å². The molecular formula is C9H13NO. The molecule has 0 radical (unpaired) electrons. The third-order valence-electron chi connectivity index (χ3n) is 1.02. The average molecular weight is 151 g/mol. The Labute approximate surface area is 67.3 Å². The molecule has 0 aliphatic rings. The maximum Gasteiger partial charge on any atom is 0.160 e. The van der Waals surface area contributed by atoms with Crippen LogP contribution in [-0.2, 0) is 4.79 Å². The standard InChI is InChI=1S/C9H13NO/c1-7(2)5-10-6-8(3)9(4)11/h5-6H,3H2,1-2,4H3. The maximum absolute atomic E-state index is 10.6. The largest absolute Gasteiger partial charge is 0.294 e. The van der Waals surface area contributed by atoms with Crippen LogP contribution in [0.5, 0.6) is 0 Å². The molecule has 2 nitrogen and oxygen atoms in total. The Kier molecular flexibility index (Phi) is 4.11. The van der Waals surface area contributed by atoms with E-state index in [1.165, 1.54) is 13.1 Å². The van der Waals surface area contributed by atoms with Crippen LogP contribution in [0, 0.1) is 0 Å². The van der Waals surface area contributed by atoms with Crippen molar-refractivity contribution in [1.82, 2.24) is 0 Å². The van der Waals surface area contributed by atoms with Gasteiger partial charge in [-0.1, -0.05) is 12.2 Å². The highest BCUT2D eigenvalue weighted by Crippen LogP contribution is 1.91. The number of nitrogens with zero attached hydrogens (tertiary/aromatic N) is 1. The number of hydrogen-bond acceptors (Lipinski definition) is 2. The molecular weight excluding hydrogens is 138 g/mol. The molecule has 0 aliphatic carbocycles. The minimum atomic E-state index is -0.0455. The van der Waals surface area contributed by atoms with Crippen LogP contribution in [0.25, 0.3) is 0 Å². The fraction of sp³-hybridized carbons (Fsp3) is 0.333. The van der Waals surface area contributed by atoms with Gasteiger partial charge in [0.2, 0.25) is 0 Å². The Morgan fingerprint density at radius 2 is 1.91 bits per heavy atom. The van der Waals surface area contributed by atoms with Gasteiger partial charge in [-0.15, -0.1) is 0 Å². The molecule has 0 spiro atoms. The van der Waals surface area contributed by atoms with Gasteiger partial charge in [0.1, 0.15) is 0 Å². The van der Waals surface area contributed by atoms with Crippen molar-refractivity contribution in [2.24, 2.45) is 4.99 Å². The van der Waals surface area contributed by atoms with E-state index in [4.69, 9.17) is 0 Å². The van der Waals surface area contributed by atoms with Crippen LogP contribution in [0.3, 0.4) is 0 Å². The van der Waals surface area contributed by atoms with Gasteiger partial charge >= 0.3 is 0 Å². The first kappa shape index (κ1) is 9.82. The molecule has 0 N–H and O–H groups in total. The van der Waals surface area contributed by atoms with Crippen LogP contribution < -0.4 is 0 Å². The molecule has 2 heteroatoms. The quantitative estimate of drug-likeness (QED) is 0.448. The van der Waals surface area contributed by atoms with Gasteiger partial charge in [0.05, 0.1) is 0 Å². The van der Waals surface area contributed by atoms with Crippen LogP contribution in [0.4, 0.5) is 0 Å². The Morgan fingerprint density at radius 3 is 2.27 bits per heavy atom. The fourth-order valence-electron chi connectivity index (χ4n) is 0.367. The molecule has 0 aromatic carbocycles. The first-order valence-corrected chi connectivity index (χ1v) is 3.40. The summed E-state index contributed by atoms with van der Waals surface area (Å²) in [6.45, 7) is 8.87. The molecule has 60 valence electrons. The van der Waals surface area contributed by atoms with E-state index in [1.54, 1.807) is 6.20 Å². The van der Waals surface area contributed by atoms with Gasteiger partial charge in [-0.3, -0.25) is 9.79 Å². The van der Waals surface area contributed by atoms with Gasteiger partial charge in [0, 0.05) is 18.0 Å². The number of hydrogen-bond donors (Lipinski definition) is 0. The molecule has 0 bridgehead atoms. The van der Waals surface area contributed by atoms with E-state index in [2.05, 4.69) is 11.6 Å². The van der Waals surface area contributed by atoms with Crippen molar-refractivity contribution in [2.75, 3.05) is 0 Å². The Hall–Kier alpha value is -1.18. The first-order chi connectivity index (χ1) is 5.04. The monoisotopic (exact) mass is 151 g/mol. The second-order valence-electron chi connectivity index (χ2n) is 2.57. The van der Waals surface area contributed by atoms with Crippen molar-refractivity contribution in [2.45, 2.75) is 20.8 Å². The number of Topliss-reactive ketones (excluding diaryl/α,β-unsaturated/α-hetero) is 1. The zero-order chi connectivity index (χ0) is 8.85. The number of carbonyl (C=O) groups excluding carboxylic acids is 1. The maximum atomic E-state index is 10.6. The second kappa shape index (κ2) is 4.61. The molecule has 0 rings (SSSR count). The summed E-state index contributed by atoms with van der Waals surface area (Å²) in [6, 6.07) is 0. The fourth-order valence-corrected chi connectivity index (χ4v) is 0.367. The molecule has 0 amide bonds. The van der Waals surface area contributed by atoms with Crippen LogP contribution >= 0.6 is 0 Å². The highest BCUT2D eigenvalue weighted by atomic mass is 16.1. The Balaban J connectivity index is 4.05. The molecule has 0 aromatic rings. The number of aliphatic imine (C=N–C) groups is 1. The number of allylic oxidation sites excluding steroid dienone is 2. The molecule has 0 unspecified atom stereocenters. The molecule has 0 aliphatic heterocycles. The molecule has 0 fully saturated rings. The lowest BCUT2D eigenvalue weighted by Gasteiger charge is -1.87. The van der Waals surface area contributed by atoms with Crippen LogP contribution in [0.2, 0.25) is 0 Å². The normalized spacial score (nSPS) is 9.73. The van der Waals surface area contributed by atoms with Crippen molar-refractivity contribution in [1.29, 1.82) is 0 Å². The number of ketones is 1. The predicted molar refractivity (Wildman–Crippen MR) is 47.7 cm³/mol. The van der Waals surface area contributed by atoms with Gasteiger partial charge < -0.3 is 0 Å². The van der Waals surface area contributed by atoms with E-state index in [1.807, 2.05) is 13.8 Å². The summed E-state index contributed by atoms with van der Waals surface area (Å²) in [6.07, 6.45) is 3.16. The van der Waals surface area contributed by atoms with Gasteiger partial charge in [-0.2, -0.15) is 0 Å². The summed E-state index contributed by atoms with van der Waals surface area (Å²) in [5, 5.41) is 0. The van der Waals surface area contributed by atoms with E-state index >= 15 is 0 Å². The lowest BCUT2D eigenvalue weighted by Crippen LogP contribution is -1.94. The minimum Gasteiger partial charge on any atom is -0.294 e. The van der Waals surface area contributed by atoms with E-state index in [0.717, 1.165) is 5.57 Å². The summed E-state index contributed by atoms with van der Waals surface area (Å²) in [7, 11) is 0. The lowest BCUT2D eigenvalue weighted by atomic mass is 10.2. The van der Waals surface area contributed by atoms with Gasteiger partial charge in [0.25, 0.3) is 0 Å². The van der Waals surface area contributed by atoms with E-state index in [9.17, 15) is 4.79 Å².